The lowest BCUT2D eigenvalue weighted by molar-refractivity contribution is -0.0592. The van der Waals surface area contributed by atoms with E-state index in [9.17, 15) is 14.3 Å². The molecule has 11 heteroatoms. The fraction of sp³-hybridized carbons (Fsp3) is 0.400. The Balaban J connectivity index is 1.08. The van der Waals surface area contributed by atoms with Crippen molar-refractivity contribution in [2.24, 2.45) is 0 Å². The van der Waals surface area contributed by atoms with Gasteiger partial charge in [0.2, 0.25) is 5.88 Å². The Bertz CT molecular complexity index is 1580. The second-order valence-corrected chi connectivity index (χ2v) is 11.0. The van der Waals surface area contributed by atoms with Crippen molar-refractivity contribution < 1.29 is 23.8 Å². The summed E-state index contributed by atoms with van der Waals surface area (Å²) in [5, 5.41) is 9.54. The number of nitrogens with zero attached hydrogens (tertiary/aromatic N) is 6. The zero-order valence-electron chi connectivity index (χ0n) is 22.5. The number of carbonyl (C=O) groups is 1. The molecule has 3 fully saturated rings. The van der Waals surface area contributed by atoms with Crippen molar-refractivity contribution in [3.63, 3.8) is 0 Å². The summed E-state index contributed by atoms with van der Waals surface area (Å²) < 4.78 is 27.7. The third kappa shape index (κ3) is 5.11. The predicted molar refractivity (Wildman–Crippen MR) is 148 cm³/mol. The number of fused-ring (bicyclic) bond motifs is 3. The highest BCUT2D eigenvalue weighted by molar-refractivity contribution is 5.92. The topological polar surface area (TPSA) is 106 Å². The molecule has 0 radical (unpaired) electrons. The summed E-state index contributed by atoms with van der Waals surface area (Å²) in [6.07, 6.45) is 6.00. The maximum Gasteiger partial charge on any atom is 0.335 e. The van der Waals surface area contributed by atoms with E-state index >= 15 is 0 Å². The van der Waals surface area contributed by atoms with Crippen molar-refractivity contribution in [2.45, 2.75) is 57.1 Å². The van der Waals surface area contributed by atoms with Crippen LogP contribution in [-0.4, -0.2) is 73.4 Å². The minimum Gasteiger partial charge on any atom is -0.478 e. The van der Waals surface area contributed by atoms with Gasteiger partial charge in [-0.05, 0) is 49.6 Å². The van der Waals surface area contributed by atoms with E-state index in [1.807, 2.05) is 12.1 Å². The van der Waals surface area contributed by atoms with E-state index in [1.165, 1.54) is 6.20 Å². The summed E-state index contributed by atoms with van der Waals surface area (Å²) in [6, 6.07) is 13.1. The normalized spacial score (nSPS) is 22.2. The summed E-state index contributed by atoms with van der Waals surface area (Å²) in [6.45, 7) is 3.94. The standard InChI is InChI=1S/C30H31FN6O4/c31-24-13-32-10-8-20(24)18-41-29-3-1-2-27(34-29)37-21-5-6-22(37)15-35(14-21)17-28-33-25-7-4-19(30(38)39)12-26(25)36(28)16-23-9-11-40-23/h1-4,7-8,10,12-13,21-23H,5-6,9,11,14-18H2,(H,38,39)/t21?,22?,23-/m0/s1. The third-order valence-corrected chi connectivity index (χ3v) is 8.38. The van der Waals surface area contributed by atoms with E-state index in [2.05, 4.69) is 19.4 Å². The number of rotatable bonds is 9. The van der Waals surface area contributed by atoms with Crippen molar-refractivity contribution in [1.29, 1.82) is 0 Å². The van der Waals surface area contributed by atoms with Gasteiger partial charge in [0.15, 0.2) is 0 Å². The van der Waals surface area contributed by atoms with Crippen LogP contribution in [0.5, 0.6) is 5.88 Å². The van der Waals surface area contributed by atoms with Crippen molar-refractivity contribution in [1.82, 2.24) is 24.4 Å². The monoisotopic (exact) mass is 558 g/mol. The molecule has 2 unspecified atom stereocenters. The zero-order valence-corrected chi connectivity index (χ0v) is 22.5. The average molecular weight is 559 g/mol. The molecule has 0 aliphatic carbocycles. The van der Waals surface area contributed by atoms with Crippen LogP contribution in [0.3, 0.4) is 0 Å². The van der Waals surface area contributed by atoms with Crippen LogP contribution in [0.1, 0.15) is 41.0 Å². The number of imidazole rings is 1. The van der Waals surface area contributed by atoms with E-state index in [1.54, 1.807) is 36.5 Å². The number of aromatic nitrogens is 4. The first-order valence-electron chi connectivity index (χ1n) is 14.0. The first-order chi connectivity index (χ1) is 20.0. The fourth-order valence-corrected chi connectivity index (χ4v) is 6.26. The van der Waals surface area contributed by atoms with Gasteiger partial charge in [0.05, 0.1) is 42.0 Å². The number of ether oxygens (including phenoxy) is 2. The van der Waals surface area contributed by atoms with Crippen LogP contribution in [-0.2, 0) is 24.4 Å². The molecule has 41 heavy (non-hydrogen) atoms. The molecule has 3 aromatic heterocycles. The first kappa shape index (κ1) is 25.8. The van der Waals surface area contributed by atoms with E-state index in [0.29, 0.717) is 36.6 Å². The molecule has 212 valence electrons. The highest BCUT2D eigenvalue weighted by Gasteiger charge is 2.41. The zero-order chi connectivity index (χ0) is 27.9. The maximum absolute atomic E-state index is 14.0. The van der Waals surface area contributed by atoms with Crippen LogP contribution < -0.4 is 9.64 Å². The van der Waals surface area contributed by atoms with Gasteiger partial charge in [-0.3, -0.25) is 9.88 Å². The smallest absolute Gasteiger partial charge is 0.335 e. The SMILES string of the molecule is O=C(O)c1ccc2nc(CN3CC4CCC(C3)N4c3cccc(OCc4ccncc4F)n3)n(C[C@@H]3CCO3)c2c1. The number of benzene rings is 1. The number of hydrogen-bond acceptors (Lipinski definition) is 8. The highest BCUT2D eigenvalue weighted by atomic mass is 19.1. The number of anilines is 1. The lowest BCUT2D eigenvalue weighted by Gasteiger charge is -2.41. The minimum atomic E-state index is -0.943. The van der Waals surface area contributed by atoms with Crippen molar-refractivity contribution in [3.05, 3.63) is 77.6 Å². The maximum atomic E-state index is 14.0. The van der Waals surface area contributed by atoms with Crippen LogP contribution in [0.4, 0.5) is 10.2 Å². The van der Waals surface area contributed by atoms with Gasteiger partial charge >= 0.3 is 5.97 Å². The number of carboxylic acids is 1. The molecule has 6 heterocycles. The molecule has 0 saturated carbocycles. The summed E-state index contributed by atoms with van der Waals surface area (Å²) in [5.74, 6) is 0.937. The molecule has 3 saturated heterocycles. The summed E-state index contributed by atoms with van der Waals surface area (Å²) in [7, 11) is 0. The third-order valence-electron chi connectivity index (χ3n) is 8.38. The summed E-state index contributed by atoms with van der Waals surface area (Å²) in [4.78, 5) is 30.0. The van der Waals surface area contributed by atoms with Gasteiger partial charge in [0, 0.05) is 49.6 Å². The molecule has 3 aliphatic rings. The van der Waals surface area contributed by atoms with Crippen LogP contribution in [0.15, 0.2) is 54.9 Å². The Labute approximate surface area is 236 Å². The molecule has 7 rings (SSSR count). The highest BCUT2D eigenvalue weighted by Crippen LogP contribution is 2.35. The quantitative estimate of drug-likeness (QED) is 0.328. The number of piperazine rings is 1. The Kier molecular flexibility index (Phi) is 6.76. The number of likely N-dealkylation sites (tertiary alicyclic amines) is 1. The molecule has 3 aliphatic heterocycles. The number of carboxylic acid groups (broad SMARTS) is 1. The Morgan fingerprint density at radius 1 is 1.10 bits per heavy atom. The molecule has 0 spiro atoms. The lowest BCUT2D eigenvalue weighted by Crippen LogP contribution is -2.54. The summed E-state index contributed by atoms with van der Waals surface area (Å²) in [5.41, 5.74) is 2.34. The van der Waals surface area contributed by atoms with Crippen molar-refractivity contribution >= 4 is 22.8 Å². The second-order valence-electron chi connectivity index (χ2n) is 11.0. The largest absolute Gasteiger partial charge is 0.478 e. The van der Waals surface area contributed by atoms with Gasteiger partial charge < -0.3 is 24.0 Å². The van der Waals surface area contributed by atoms with E-state index in [4.69, 9.17) is 19.4 Å². The predicted octanol–water partition coefficient (Wildman–Crippen LogP) is 3.88. The first-order valence-corrected chi connectivity index (χ1v) is 14.0. The van der Waals surface area contributed by atoms with Gasteiger partial charge in [0.25, 0.3) is 0 Å². The number of halogens is 1. The number of aromatic carboxylic acids is 1. The van der Waals surface area contributed by atoms with Gasteiger partial charge in [-0.15, -0.1) is 0 Å². The lowest BCUT2D eigenvalue weighted by atomic mass is 10.1. The van der Waals surface area contributed by atoms with E-state index in [0.717, 1.165) is 61.6 Å². The minimum absolute atomic E-state index is 0.0896. The van der Waals surface area contributed by atoms with Crippen LogP contribution >= 0.6 is 0 Å². The summed E-state index contributed by atoms with van der Waals surface area (Å²) >= 11 is 0. The molecule has 0 amide bonds. The van der Waals surface area contributed by atoms with Gasteiger partial charge in [0.1, 0.15) is 24.1 Å². The van der Waals surface area contributed by atoms with E-state index < -0.39 is 11.8 Å². The van der Waals surface area contributed by atoms with Gasteiger partial charge in [-0.2, -0.15) is 4.98 Å². The molecule has 1 aromatic carbocycles. The Morgan fingerprint density at radius 3 is 2.66 bits per heavy atom. The van der Waals surface area contributed by atoms with Crippen LogP contribution in [0.2, 0.25) is 0 Å². The second kappa shape index (κ2) is 10.7. The molecule has 3 atom stereocenters. The van der Waals surface area contributed by atoms with Crippen molar-refractivity contribution in [3.8, 4) is 5.88 Å². The molecular formula is C30H31FN6O4. The molecule has 2 bridgehead atoms. The van der Waals surface area contributed by atoms with Crippen LogP contribution in [0, 0.1) is 5.82 Å². The molecule has 1 N–H and O–H groups in total. The van der Waals surface area contributed by atoms with Gasteiger partial charge in [-0.25, -0.2) is 14.2 Å². The fourth-order valence-electron chi connectivity index (χ4n) is 6.26. The van der Waals surface area contributed by atoms with Gasteiger partial charge in [-0.1, -0.05) is 6.07 Å². The molecule has 10 nitrogen and oxygen atoms in total. The van der Waals surface area contributed by atoms with Crippen LogP contribution in [0.25, 0.3) is 11.0 Å². The number of hydrogen-bond donors (Lipinski definition) is 1. The number of pyridine rings is 2. The van der Waals surface area contributed by atoms with E-state index in [-0.39, 0.29) is 18.3 Å². The molecular weight excluding hydrogens is 527 g/mol. The Hall–Kier alpha value is -4.09. The molecule has 4 aromatic rings. The Morgan fingerprint density at radius 2 is 1.93 bits per heavy atom. The van der Waals surface area contributed by atoms with Crippen molar-refractivity contribution in [2.75, 3.05) is 24.6 Å². The average Bonchev–Trinajstić information content (AvgIpc) is 3.42.